The van der Waals surface area contributed by atoms with Gasteiger partial charge in [0, 0.05) is 44.8 Å². The number of amides is 2. The minimum absolute atomic E-state index is 0.00928. The molecule has 2 heterocycles. The van der Waals surface area contributed by atoms with E-state index in [0.29, 0.717) is 36.2 Å². The lowest BCUT2D eigenvalue weighted by atomic mass is 9.92. The first-order chi connectivity index (χ1) is 15.1. The van der Waals surface area contributed by atoms with Gasteiger partial charge in [-0.15, -0.1) is 0 Å². The summed E-state index contributed by atoms with van der Waals surface area (Å²) in [6.45, 7) is 6.97. The van der Waals surface area contributed by atoms with Crippen molar-refractivity contribution in [3.05, 3.63) is 29.8 Å². The molecule has 1 aromatic carbocycles. The zero-order valence-electron chi connectivity index (χ0n) is 19.1. The lowest BCUT2D eigenvalue weighted by Crippen LogP contribution is -2.59. The van der Waals surface area contributed by atoms with Crippen LogP contribution >= 0.6 is 0 Å². The number of hydrogen-bond donors (Lipinski definition) is 0. The summed E-state index contributed by atoms with van der Waals surface area (Å²) in [5.74, 6) is 2.28. The molecule has 1 atom stereocenters. The zero-order chi connectivity index (χ0) is 21.8. The molecule has 31 heavy (non-hydrogen) atoms. The van der Waals surface area contributed by atoms with Gasteiger partial charge in [0.15, 0.2) is 0 Å². The number of rotatable bonds is 5. The number of benzene rings is 1. The molecule has 0 spiro atoms. The second-order valence-corrected chi connectivity index (χ2v) is 9.56. The van der Waals surface area contributed by atoms with E-state index in [2.05, 4.69) is 16.7 Å². The Morgan fingerprint density at radius 1 is 0.935 bits per heavy atom. The van der Waals surface area contributed by atoms with Crippen molar-refractivity contribution in [2.24, 2.45) is 11.8 Å². The number of likely N-dealkylation sites (tertiary alicyclic amines) is 1. The SMILES string of the molecule is COc1cccc(C(=O)N2CCN([C@@H](C(=O)N3CCC(C)CC3)C3CCCC3)CC2)c1. The van der Waals surface area contributed by atoms with Gasteiger partial charge in [0.2, 0.25) is 5.91 Å². The first-order valence-electron chi connectivity index (χ1n) is 12.0. The Hall–Kier alpha value is -2.08. The molecule has 0 radical (unpaired) electrons. The molecule has 0 aromatic heterocycles. The van der Waals surface area contributed by atoms with E-state index in [9.17, 15) is 9.59 Å². The lowest BCUT2D eigenvalue weighted by Gasteiger charge is -2.43. The molecule has 6 heteroatoms. The maximum absolute atomic E-state index is 13.6. The van der Waals surface area contributed by atoms with Gasteiger partial charge in [0.1, 0.15) is 5.75 Å². The summed E-state index contributed by atoms with van der Waals surface area (Å²) < 4.78 is 5.27. The zero-order valence-corrected chi connectivity index (χ0v) is 19.1. The third-order valence-corrected chi connectivity index (χ3v) is 7.51. The van der Waals surface area contributed by atoms with Crippen LogP contribution in [-0.2, 0) is 4.79 Å². The van der Waals surface area contributed by atoms with Crippen molar-refractivity contribution in [2.45, 2.75) is 51.5 Å². The summed E-state index contributed by atoms with van der Waals surface area (Å²) in [6, 6.07) is 7.35. The highest BCUT2D eigenvalue weighted by Gasteiger charge is 2.39. The van der Waals surface area contributed by atoms with Crippen molar-refractivity contribution < 1.29 is 14.3 Å². The van der Waals surface area contributed by atoms with E-state index in [1.54, 1.807) is 13.2 Å². The number of nitrogens with zero attached hydrogens (tertiary/aromatic N) is 3. The van der Waals surface area contributed by atoms with Crippen LogP contribution in [0, 0.1) is 11.8 Å². The molecule has 3 fully saturated rings. The summed E-state index contributed by atoms with van der Waals surface area (Å²) >= 11 is 0. The lowest BCUT2D eigenvalue weighted by molar-refractivity contribution is -0.141. The fraction of sp³-hybridized carbons (Fsp3) is 0.680. The van der Waals surface area contributed by atoms with E-state index in [-0.39, 0.29) is 11.9 Å². The van der Waals surface area contributed by atoms with E-state index < -0.39 is 0 Å². The summed E-state index contributed by atoms with van der Waals surface area (Å²) in [7, 11) is 1.62. The Morgan fingerprint density at radius 2 is 1.61 bits per heavy atom. The van der Waals surface area contributed by atoms with E-state index in [1.165, 1.54) is 12.8 Å². The molecule has 6 nitrogen and oxygen atoms in total. The van der Waals surface area contributed by atoms with Crippen molar-refractivity contribution in [1.29, 1.82) is 0 Å². The van der Waals surface area contributed by atoms with Crippen LogP contribution in [-0.4, -0.2) is 78.9 Å². The van der Waals surface area contributed by atoms with E-state index in [0.717, 1.165) is 57.8 Å². The molecular formula is C25H37N3O3. The van der Waals surface area contributed by atoms with Gasteiger partial charge in [-0.2, -0.15) is 0 Å². The summed E-state index contributed by atoms with van der Waals surface area (Å²) in [6.07, 6.45) is 7.02. The second kappa shape index (κ2) is 10.0. The highest BCUT2D eigenvalue weighted by Crippen LogP contribution is 2.33. The summed E-state index contributed by atoms with van der Waals surface area (Å²) in [4.78, 5) is 33.0. The number of piperazine rings is 1. The molecule has 2 aliphatic heterocycles. The minimum atomic E-state index is -0.00928. The maximum Gasteiger partial charge on any atom is 0.254 e. The van der Waals surface area contributed by atoms with Crippen molar-refractivity contribution >= 4 is 11.8 Å². The Balaban J connectivity index is 1.41. The molecule has 0 bridgehead atoms. The predicted molar refractivity (Wildman–Crippen MR) is 121 cm³/mol. The average Bonchev–Trinajstić information content (AvgIpc) is 3.34. The molecular weight excluding hydrogens is 390 g/mol. The van der Waals surface area contributed by atoms with Crippen LogP contribution in [0.3, 0.4) is 0 Å². The first kappa shape index (κ1) is 22.1. The number of piperidine rings is 1. The fourth-order valence-electron chi connectivity index (χ4n) is 5.49. The molecule has 1 aliphatic carbocycles. The van der Waals surface area contributed by atoms with Crippen molar-refractivity contribution in [3.8, 4) is 5.75 Å². The topological polar surface area (TPSA) is 53.1 Å². The molecule has 2 saturated heterocycles. The van der Waals surface area contributed by atoms with Gasteiger partial charge in [0.25, 0.3) is 5.91 Å². The van der Waals surface area contributed by atoms with Gasteiger partial charge in [-0.05, 0) is 55.7 Å². The third-order valence-electron chi connectivity index (χ3n) is 7.51. The second-order valence-electron chi connectivity index (χ2n) is 9.56. The first-order valence-corrected chi connectivity index (χ1v) is 12.0. The summed E-state index contributed by atoms with van der Waals surface area (Å²) in [5, 5.41) is 0. The largest absolute Gasteiger partial charge is 0.497 e. The van der Waals surface area contributed by atoms with Crippen LogP contribution in [0.1, 0.15) is 55.8 Å². The number of hydrogen-bond acceptors (Lipinski definition) is 4. The minimum Gasteiger partial charge on any atom is -0.497 e. The molecule has 1 saturated carbocycles. The Labute approximate surface area is 186 Å². The van der Waals surface area contributed by atoms with Crippen LogP contribution in [0.15, 0.2) is 24.3 Å². The highest BCUT2D eigenvalue weighted by molar-refractivity contribution is 5.94. The monoisotopic (exact) mass is 427 g/mol. The molecule has 2 amide bonds. The van der Waals surface area contributed by atoms with Crippen LogP contribution in [0.4, 0.5) is 0 Å². The predicted octanol–water partition coefficient (Wildman–Crippen LogP) is 3.27. The Morgan fingerprint density at radius 3 is 2.26 bits per heavy atom. The highest BCUT2D eigenvalue weighted by atomic mass is 16.5. The van der Waals surface area contributed by atoms with Gasteiger partial charge < -0.3 is 14.5 Å². The van der Waals surface area contributed by atoms with Gasteiger partial charge in [0.05, 0.1) is 13.2 Å². The number of carbonyl (C=O) groups excluding carboxylic acids is 2. The quantitative estimate of drug-likeness (QED) is 0.724. The summed E-state index contributed by atoms with van der Waals surface area (Å²) in [5.41, 5.74) is 0.665. The standard InChI is InChI=1S/C25H37N3O3/c1-19-10-12-27(13-11-19)25(30)23(20-6-3-4-7-20)26-14-16-28(17-15-26)24(29)21-8-5-9-22(18-21)31-2/h5,8-9,18-20,23H,3-4,6-7,10-17H2,1-2H3/t23-/m1/s1. The average molecular weight is 428 g/mol. The Kier molecular flexibility index (Phi) is 7.16. The molecule has 3 aliphatic rings. The molecule has 0 N–H and O–H groups in total. The van der Waals surface area contributed by atoms with Crippen molar-refractivity contribution in [3.63, 3.8) is 0 Å². The normalized spacial score (nSPS) is 22.5. The van der Waals surface area contributed by atoms with E-state index in [1.807, 2.05) is 23.1 Å². The molecule has 1 aromatic rings. The molecule has 0 unspecified atom stereocenters. The van der Waals surface area contributed by atoms with E-state index in [4.69, 9.17) is 4.74 Å². The van der Waals surface area contributed by atoms with Gasteiger partial charge in [-0.25, -0.2) is 0 Å². The van der Waals surface area contributed by atoms with Crippen LogP contribution in [0.25, 0.3) is 0 Å². The van der Waals surface area contributed by atoms with Gasteiger partial charge in [-0.1, -0.05) is 25.8 Å². The van der Waals surface area contributed by atoms with Crippen LogP contribution < -0.4 is 4.74 Å². The molecule has 4 rings (SSSR count). The maximum atomic E-state index is 13.6. The van der Waals surface area contributed by atoms with Gasteiger partial charge >= 0.3 is 0 Å². The third kappa shape index (κ3) is 5.05. The van der Waals surface area contributed by atoms with Crippen LogP contribution in [0.2, 0.25) is 0 Å². The van der Waals surface area contributed by atoms with Crippen LogP contribution in [0.5, 0.6) is 5.75 Å². The van der Waals surface area contributed by atoms with Crippen molar-refractivity contribution in [2.75, 3.05) is 46.4 Å². The molecule has 170 valence electrons. The fourth-order valence-corrected chi connectivity index (χ4v) is 5.49. The number of ether oxygens (including phenoxy) is 1. The van der Waals surface area contributed by atoms with Gasteiger partial charge in [-0.3, -0.25) is 14.5 Å². The van der Waals surface area contributed by atoms with E-state index >= 15 is 0 Å². The number of carbonyl (C=O) groups is 2. The van der Waals surface area contributed by atoms with Crippen molar-refractivity contribution in [1.82, 2.24) is 14.7 Å². The Bertz CT molecular complexity index is 761. The smallest absolute Gasteiger partial charge is 0.254 e. The number of methoxy groups -OCH3 is 1.